The van der Waals surface area contributed by atoms with Crippen LogP contribution in [-0.4, -0.2) is 42.8 Å². The van der Waals surface area contributed by atoms with Gasteiger partial charge in [-0.15, -0.1) is 0 Å². The molecule has 1 amide bonds. The molecule has 0 saturated heterocycles. The molecule has 2 rings (SSSR count). The van der Waals surface area contributed by atoms with Crippen molar-refractivity contribution in [2.75, 3.05) is 14.2 Å². The summed E-state index contributed by atoms with van der Waals surface area (Å²) in [5, 5.41) is 15.3. The predicted octanol–water partition coefficient (Wildman–Crippen LogP) is 3.47. The Hall–Kier alpha value is -2.43. The van der Waals surface area contributed by atoms with Gasteiger partial charge < -0.3 is 19.9 Å². The fourth-order valence-electron chi connectivity index (χ4n) is 2.77. The largest absolute Gasteiger partial charge is 0.496 e. The molecule has 0 saturated carbocycles. The second-order valence-electron chi connectivity index (χ2n) is 6.67. The molecule has 0 bridgehead atoms. The van der Waals surface area contributed by atoms with Crippen molar-refractivity contribution in [1.29, 1.82) is 0 Å². The molecule has 2 aromatic carbocycles. The number of aliphatic hydroxyl groups excluding tert-OH is 1. The van der Waals surface area contributed by atoms with Crippen molar-refractivity contribution in [3.8, 4) is 11.5 Å². The molecule has 0 spiro atoms. The molecule has 3 N–H and O–H groups in total. The van der Waals surface area contributed by atoms with Crippen LogP contribution < -0.4 is 20.1 Å². The van der Waals surface area contributed by atoms with Crippen LogP contribution in [0, 0.1) is 0 Å². The van der Waals surface area contributed by atoms with Crippen molar-refractivity contribution in [2.45, 2.75) is 42.6 Å². The number of methoxy groups -OCH3 is 1. The fourth-order valence-corrected chi connectivity index (χ4v) is 3.31. The summed E-state index contributed by atoms with van der Waals surface area (Å²) in [6.45, 7) is 1.98. The second kappa shape index (κ2) is 11.3. The van der Waals surface area contributed by atoms with Crippen molar-refractivity contribution >= 4 is 17.7 Å². The molecule has 0 heterocycles. The van der Waals surface area contributed by atoms with E-state index in [9.17, 15) is 23.1 Å². The van der Waals surface area contributed by atoms with Gasteiger partial charge in [-0.1, -0.05) is 18.2 Å². The first-order chi connectivity index (χ1) is 14.6. The highest BCUT2D eigenvalue weighted by Gasteiger charge is 2.29. The summed E-state index contributed by atoms with van der Waals surface area (Å²) in [6, 6.07) is 10.4. The van der Waals surface area contributed by atoms with E-state index < -0.39 is 17.7 Å². The number of alkyl halides is 3. The van der Waals surface area contributed by atoms with Crippen LogP contribution in [0.25, 0.3) is 0 Å². The van der Waals surface area contributed by atoms with Crippen molar-refractivity contribution in [2.24, 2.45) is 0 Å². The zero-order chi connectivity index (χ0) is 23.0. The average Bonchev–Trinajstić information content (AvgIpc) is 2.72. The number of carbonyl (C=O) groups excluding carboxylic acids is 1. The number of hydrogen-bond donors (Lipinski definition) is 3. The topological polar surface area (TPSA) is 79.8 Å². The number of benzene rings is 2. The number of halogens is 3. The molecule has 0 radical (unpaired) electrons. The molecular formula is C21H25F3N2O4S. The molecule has 2 aromatic rings. The summed E-state index contributed by atoms with van der Waals surface area (Å²) in [4.78, 5) is 12.0. The maximum Gasteiger partial charge on any atom is 0.446 e. The van der Waals surface area contributed by atoms with Crippen LogP contribution in [-0.2, 0) is 17.9 Å². The molecule has 0 aliphatic rings. The smallest absolute Gasteiger partial charge is 0.446 e. The molecule has 170 valence electrons. The highest BCUT2D eigenvalue weighted by molar-refractivity contribution is 8.00. The van der Waals surface area contributed by atoms with Crippen molar-refractivity contribution in [3.63, 3.8) is 0 Å². The number of nitrogens with one attached hydrogen (secondary N) is 2. The summed E-state index contributed by atoms with van der Waals surface area (Å²) >= 11 is -0.162. The zero-order valence-corrected chi connectivity index (χ0v) is 18.1. The first-order valence-electron chi connectivity index (χ1n) is 9.40. The third kappa shape index (κ3) is 7.97. The van der Waals surface area contributed by atoms with Gasteiger partial charge in [-0.25, -0.2) is 0 Å². The minimum absolute atomic E-state index is 0.113. The van der Waals surface area contributed by atoms with Gasteiger partial charge in [0.05, 0.1) is 13.2 Å². The van der Waals surface area contributed by atoms with Gasteiger partial charge in [-0.2, -0.15) is 13.2 Å². The summed E-state index contributed by atoms with van der Waals surface area (Å²) in [5.41, 5.74) is -2.83. The van der Waals surface area contributed by atoms with Gasteiger partial charge in [0.15, 0.2) is 0 Å². The Kier molecular flexibility index (Phi) is 9.02. The van der Waals surface area contributed by atoms with Gasteiger partial charge in [0.1, 0.15) is 24.1 Å². The molecule has 6 nitrogen and oxygen atoms in total. The summed E-state index contributed by atoms with van der Waals surface area (Å²) in [5.74, 6) is 0.726. The number of carbonyl (C=O) groups is 1. The lowest BCUT2D eigenvalue weighted by Gasteiger charge is -2.20. The van der Waals surface area contributed by atoms with Crippen LogP contribution in [0.2, 0.25) is 0 Å². The standard InChI is InChI=1S/C21H25F3N2O4S/c1-13(27)19(20(28)25-2)26-11-15-6-7-16(10-18(15)29-3)30-12-14-4-8-17(9-5-14)31-21(22,23)24/h4-10,13,19,26-27H,11-12H2,1-3H3,(H,25,28)/t13-,19?/m0/s1. The molecule has 0 fully saturated rings. The quantitative estimate of drug-likeness (QED) is 0.473. The van der Waals surface area contributed by atoms with Crippen LogP contribution in [0.4, 0.5) is 13.2 Å². The van der Waals surface area contributed by atoms with Crippen molar-refractivity contribution < 1.29 is 32.5 Å². The van der Waals surface area contributed by atoms with Crippen molar-refractivity contribution in [3.05, 3.63) is 53.6 Å². The van der Waals surface area contributed by atoms with E-state index in [1.807, 2.05) is 0 Å². The molecule has 0 aromatic heterocycles. The van der Waals surface area contributed by atoms with Crippen LogP contribution in [0.1, 0.15) is 18.1 Å². The van der Waals surface area contributed by atoms with E-state index in [4.69, 9.17) is 9.47 Å². The zero-order valence-electron chi connectivity index (χ0n) is 17.3. The van der Waals surface area contributed by atoms with Gasteiger partial charge >= 0.3 is 5.51 Å². The molecule has 2 atom stereocenters. The molecule has 31 heavy (non-hydrogen) atoms. The van der Waals surface area contributed by atoms with E-state index in [0.29, 0.717) is 11.5 Å². The van der Waals surface area contributed by atoms with Crippen LogP contribution >= 0.6 is 11.8 Å². The Labute approximate surface area is 183 Å². The highest BCUT2D eigenvalue weighted by atomic mass is 32.2. The summed E-state index contributed by atoms with van der Waals surface area (Å²) < 4.78 is 48.3. The van der Waals surface area contributed by atoms with E-state index in [1.54, 1.807) is 30.3 Å². The lowest BCUT2D eigenvalue weighted by molar-refractivity contribution is -0.125. The van der Waals surface area contributed by atoms with Gasteiger partial charge in [-0.05, 0) is 42.4 Å². The van der Waals surface area contributed by atoms with Crippen LogP contribution in [0.3, 0.4) is 0 Å². The van der Waals surface area contributed by atoms with Crippen LogP contribution in [0.15, 0.2) is 47.4 Å². The normalized spacial score (nSPS) is 13.4. The van der Waals surface area contributed by atoms with E-state index >= 15 is 0 Å². The van der Waals surface area contributed by atoms with Crippen molar-refractivity contribution in [1.82, 2.24) is 10.6 Å². The number of likely N-dealkylation sites (N-methyl/N-ethyl adjacent to an activating group) is 1. The van der Waals surface area contributed by atoms with Gasteiger partial charge in [0, 0.05) is 30.1 Å². The predicted molar refractivity (Wildman–Crippen MR) is 112 cm³/mol. The monoisotopic (exact) mass is 458 g/mol. The van der Waals surface area contributed by atoms with E-state index in [0.717, 1.165) is 11.1 Å². The Morgan fingerprint density at radius 3 is 2.42 bits per heavy atom. The van der Waals surface area contributed by atoms with E-state index in [-0.39, 0.29) is 35.7 Å². The summed E-state index contributed by atoms with van der Waals surface area (Å²) in [6.07, 6.45) is -0.880. The Bertz CT molecular complexity index is 861. The molecular weight excluding hydrogens is 433 g/mol. The van der Waals surface area contributed by atoms with E-state index in [2.05, 4.69) is 10.6 Å². The molecule has 1 unspecified atom stereocenters. The lowest BCUT2D eigenvalue weighted by Crippen LogP contribution is -2.49. The maximum atomic E-state index is 12.4. The average molecular weight is 459 g/mol. The third-order valence-electron chi connectivity index (χ3n) is 4.34. The number of hydrogen-bond acceptors (Lipinski definition) is 6. The minimum Gasteiger partial charge on any atom is -0.496 e. The molecule has 0 aliphatic carbocycles. The lowest BCUT2D eigenvalue weighted by atomic mass is 10.1. The minimum atomic E-state index is -4.32. The number of thioether (sulfide) groups is 1. The van der Waals surface area contributed by atoms with Gasteiger partial charge in [-0.3, -0.25) is 10.1 Å². The highest BCUT2D eigenvalue weighted by Crippen LogP contribution is 2.36. The maximum absolute atomic E-state index is 12.4. The Morgan fingerprint density at radius 2 is 1.87 bits per heavy atom. The first-order valence-corrected chi connectivity index (χ1v) is 10.2. The third-order valence-corrected chi connectivity index (χ3v) is 5.08. The van der Waals surface area contributed by atoms with Gasteiger partial charge in [0.2, 0.25) is 5.91 Å². The Balaban J connectivity index is 1.99. The number of aliphatic hydroxyl groups is 1. The Morgan fingerprint density at radius 1 is 1.19 bits per heavy atom. The molecule has 10 heteroatoms. The summed E-state index contributed by atoms with van der Waals surface area (Å²) in [7, 11) is 3.00. The van der Waals surface area contributed by atoms with E-state index in [1.165, 1.54) is 33.2 Å². The molecule has 0 aliphatic heterocycles. The van der Waals surface area contributed by atoms with Crippen LogP contribution in [0.5, 0.6) is 11.5 Å². The van der Waals surface area contributed by atoms with Gasteiger partial charge in [0.25, 0.3) is 0 Å². The number of ether oxygens (including phenoxy) is 2. The number of rotatable bonds is 10. The first kappa shape index (κ1) is 24.8. The fraction of sp³-hybridized carbons (Fsp3) is 0.381. The number of amides is 1. The second-order valence-corrected chi connectivity index (χ2v) is 7.81. The SMILES string of the molecule is CNC(=O)C(NCc1ccc(OCc2ccc(SC(F)(F)F)cc2)cc1OC)[C@H](C)O.